The van der Waals surface area contributed by atoms with Crippen molar-refractivity contribution in [2.45, 2.75) is 25.5 Å². The maximum Gasteiger partial charge on any atom is 0.221 e. The predicted octanol–water partition coefficient (Wildman–Crippen LogP) is 0.879. The number of carbonyl (C=O) groups is 1. The number of nitrogens with zero attached hydrogens (tertiary/aromatic N) is 3. The fourth-order valence-electron chi connectivity index (χ4n) is 2.89. The molecule has 2 aromatic heterocycles. The Morgan fingerprint density at radius 2 is 2.11 bits per heavy atom. The highest BCUT2D eigenvalue weighted by Gasteiger charge is 2.06. The first kappa shape index (κ1) is 19.8. The molecule has 0 radical (unpaired) electrons. The van der Waals surface area contributed by atoms with E-state index in [9.17, 15) is 9.90 Å². The van der Waals surface area contributed by atoms with Crippen molar-refractivity contribution in [3.63, 3.8) is 0 Å². The Morgan fingerprint density at radius 3 is 2.89 bits per heavy atom. The van der Waals surface area contributed by atoms with Crippen molar-refractivity contribution in [2.75, 3.05) is 19.7 Å². The van der Waals surface area contributed by atoms with E-state index >= 15 is 0 Å². The third kappa shape index (κ3) is 5.77. The second-order valence-corrected chi connectivity index (χ2v) is 6.61. The zero-order valence-corrected chi connectivity index (χ0v) is 15.6. The Morgan fingerprint density at radius 1 is 1.29 bits per heavy atom. The summed E-state index contributed by atoms with van der Waals surface area (Å²) < 4.78 is 7.66. The Labute approximate surface area is 163 Å². The van der Waals surface area contributed by atoms with Crippen molar-refractivity contribution >= 4 is 16.9 Å². The summed E-state index contributed by atoms with van der Waals surface area (Å²) in [5.41, 5.74) is 7.97. The van der Waals surface area contributed by atoms with Gasteiger partial charge in [0.1, 0.15) is 24.0 Å². The molecule has 1 unspecified atom stereocenters. The molecule has 0 bridgehead atoms. The van der Waals surface area contributed by atoms with Gasteiger partial charge in [0.05, 0.1) is 24.5 Å². The maximum absolute atomic E-state index is 10.9. The number of imidazole rings is 1. The first-order valence-electron chi connectivity index (χ1n) is 9.25. The number of amides is 1. The van der Waals surface area contributed by atoms with E-state index in [1.165, 1.54) is 0 Å². The van der Waals surface area contributed by atoms with Crippen LogP contribution in [0.25, 0.3) is 11.0 Å². The number of carbonyl (C=O) groups excluding carboxylic acids is 1. The summed E-state index contributed by atoms with van der Waals surface area (Å²) in [4.78, 5) is 19.3. The molecule has 8 nitrogen and oxygen atoms in total. The standard InChI is InChI=1S/C20H25N5O3/c21-20(27)10-15-2-4-17(5-3-15)28-13-16(26)11-22-7-1-9-25-14-24-18-12-23-8-6-19(18)25/h2-6,8,12,14,16,22,26H,1,7,9-11,13H2,(H2,21,27). The number of benzene rings is 1. The molecule has 28 heavy (non-hydrogen) atoms. The van der Waals surface area contributed by atoms with Crippen molar-refractivity contribution in [3.05, 3.63) is 54.6 Å². The molecule has 0 fully saturated rings. The number of aromatic nitrogens is 3. The van der Waals surface area contributed by atoms with E-state index < -0.39 is 6.10 Å². The number of hydrogen-bond donors (Lipinski definition) is 3. The van der Waals surface area contributed by atoms with Crippen LogP contribution in [0.3, 0.4) is 0 Å². The molecule has 0 spiro atoms. The minimum atomic E-state index is -0.606. The van der Waals surface area contributed by atoms with E-state index in [1.54, 1.807) is 36.7 Å². The number of nitrogens with two attached hydrogens (primary N) is 1. The summed E-state index contributed by atoms with van der Waals surface area (Å²) in [6, 6.07) is 9.07. The molecule has 0 aliphatic rings. The molecule has 3 aromatic rings. The molecule has 0 saturated heterocycles. The summed E-state index contributed by atoms with van der Waals surface area (Å²) >= 11 is 0. The van der Waals surface area contributed by atoms with E-state index in [1.807, 2.05) is 12.4 Å². The minimum Gasteiger partial charge on any atom is -0.491 e. The molecule has 1 atom stereocenters. The van der Waals surface area contributed by atoms with Crippen molar-refractivity contribution in [1.82, 2.24) is 19.9 Å². The lowest BCUT2D eigenvalue weighted by atomic mass is 10.1. The average Bonchev–Trinajstić information content (AvgIpc) is 3.10. The van der Waals surface area contributed by atoms with Gasteiger partial charge in [-0.2, -0.15) is 0 Å². The van der Waals surface area contributed by atoms with Crippen LogP contribution in [-0.2, 0) is 17.8 Å². The Balaban J connectivity index is 1.31. The number of rotatable bonds is 11. The van der Waals surface area contributed by atoms with E-state index in [4.69, 9.17) is 10.5 Å². The van der Waals surface area contributed by atoms with Crippen molar-refractivity contribution < 1.29 is 14.6 Å². The van der Waals surface area contributed by atoms with Gasteiger partial charge in [-0.05, 0) is 36.7 Å². The highest BCUT2D eigenvalue weighted by Crippen LogP contribution is 2.13. The van der Waals surface area contributed by atoms with Gasteiger partial charge in [0, 0.05) is 19.3 Å². The summed E-state index contributed by atoms with van der Waals surface area (Å²) in [6.45, 7) is 2.27. The molecule has 4 N–H and O–H groups in total. The molecule has 8 heteroatoms. The first-order valence-corrected chi connectivity index (χ1v) is 9.25. The van der Waals surface area contributed by atoms with Gasteiger partial charge in [-0.25, -0.2) is 4.98 Å². The van der Waals surface area contributed by atoms with Crippen molar-refractivity contribution in [3.8, 4) is 5.75 Å². The van der Waals surface area contributed by atoms with Crippen LogP contribution in [0, 0.1) is 0 Å². The highest BCUT2D eigenvalue weighted by atomic mass is 16.5. The molecule has 0 aliphatic carbocycles. The second kappa shape index (κ2) is 9.82. The minimum absolute atomic E-state index is 0.196. The maximum atomic E-state index is 10.9. The molecule has 148 valence electrons. The Bertz CT molecular complexity index is 894. The molecule has 1 amide bonds. The highest BCUT2D eigenvalue weighted by molar-refractivity contribution is 5.76. The fourth-order valence-corrected chi connectivity index (χ4v) is 2.89. The van der Waals surface area contributed by atoms with Crippen LogP contribution in [0.15, 0.2) is 49.1 Å². The lowest BCUT2D eigenvalue weighted by Crippen LogP contribution is -2.32. The molecule has 0 aliphatic heterocycles. The predicted molar refractivity (Wildman–Crippen MR) is 106 cm³/mol. The normalized spacial score (nSPS) is 12.2. The van der Waals surface area contributed by atoms with E-state index in [0.717, 1.165) is 36.1 Å². The Hall–Kier alpha value is -2.97. The lowest BCUT2D eigenvalue weighted by molar-refractivity contribution is -0.117. The number of fused-ring (bicyclic) bond motifs is 1. The SMILES string of the molecule is NC(=O)Cc1ccc(OCC(O)CNCCCn2cnc3cnccc32)cc1. The van der Waals surface area contributed by atoms with Crippen LogP contribution >= 0.6 is 0 Å². The van der Waals surface area contributed by atoms with Gasteiger partial charge in [-0.3, -0.25) is 9.78 Å². The third-order valence-electron chi connectivity index (χ3n) is 4.30. The number of pyridine rings is 1. The van der Waals surface area contributed by atoms with Crippen molar-refractivity contribution in [1.29, 1.82) is 0 Å². The number of primary amides is 1. The molecule has 3 rings (SSSR count). The number of aryl methyl sites for hydroxylation is 1. The largest absolute Gasteiger partial charge is 0.491 e. The summed E-state index contributed by atoms with van der Waals surface area (Å²) in [5, 5.41) is 13.3. The van der Waals surface area contributed by atoms with Gasteiger partial charge in [0.2, 0.25) is 5.91 Å². The second-order valence-electron chi connectivity index (χ2n) is 6.61. The van der Waals surface area contributed by atoms with Crippen LogP contribution in [0.5, 0.6) is 5.75 Å². The zero-order chi connectivity index (χ0) is 19.8. The summed E-state index contributed by atoms with van der Waals surface area (Å²) in [5.74, 6) is 0.280. The monoisotopic (exact) mass is 383 g/mol. The van der Waals surface area contributed by atoms with Crippen LogP contribution in [0.1, 0.15) is 12.0 Å². The van der Waals surface area contributed by atoms with Crippen LogP contribution in [0.2, 0.25) is 0 Å². The topological polar surface area (TPSA) is 115 Å². The smallest absolute Gasteiger partial charge is 0.221 e. The summed E-state index contributed by atoms with van der Waals surface area (Å²) in [6.07, 6.45) is 5.86. The molecular formula is C20H25N5O3. The van der Waals surface area contributed by atoms with Gasteiger partial charge in [-0.15, -0.1) is 0 Å². The van der Waals surface area contributed by atoms with Crippen LogP contribution in [-0.4, -0.2) is 51.3 Å². The summed E-state index contributed by atoms with van der Waals surface area (Å²) in [7, 11) is 0. The molecular weight excluding hydrogens is 358 g/mol. The molecule has 0 saturated carbocycles. The molecule has 2 heterocycles. The number of hydrogen-bond acceptors (Lipinski definition) is 6. The van der Waals surface area contributed by atoms with Crippen LogP contribution < -0.4 is 15.8 Å². The number of aliphatic hydroxyl groups is 1. The Kier molecular flexibility index (Phi) is 6.94. The van der Waals surface area contributed by atoms with Crippen molar-refractivity contribution in [2.24, 2.45) is 5.73 Å². The van der Waals surface area contributed by atoms with E-state index in [2.05, 4.69) is 19.9 Å². The number of aliphatic hydroxyl groups excluding tert-OH is 1. The zero-order valence-electron chi connectivity index (χ0n) is 15.6. The first-order chi connectivity index (χ1) is 13.6. The van der Waals surface area contributed by atoms with Gasteiger partial charge in [0.15, 0.2) is 0 Å². The van der Waals surface area contributed by atoms with Gasteiger partial charge in [-0.1, -0.05) is 12.1 Å². The van der Waals surface area contributed by atoms with Gasteiger partial charge < -0.3 is 25.5 Å². The third-order valence-corrected chi connectivity index (χ3v) is 4.30. The average molecular weight is 383 g/mol. The number of ether oxygens (including phenoxy) is 1. The van der Waals surface area contributed by atoms with Gasteiger partial charge >= 0.3 is 0 Å². The quantitative estimate of drug-likeness (QED) is 0.423. The fraction of sp³-hybridized carbons (Fsp3) is 0.350. The lowest BCUT2D eigenvalue weighted by Gasteiger charge is -2.13. The van der Waals surface area contributed by atoms with E-state index in [-0.39, 0.29) is 18.9 Å². The number of nitrogens with one attached hydrogen (secondary N) is 1. The van der Waals surface area contributed by atoms with Gasteiger partial charge in [0.25, 0.3) is 0 Å². The van der Waals surface area contributed by atoms with Crippen LogP contribution in [0.4, 0.5) is 0 Å². The van der Waals surface area contributed by atoms with E-state index in [0.29, 0.717) is 12.3 Å². The molecule has 1 aromatic carbocycles.